The SMILES string of the molecule is COc1cccc(Nc2c(C(N)=O)cnc3c(C)cc(S(=O)(=O)C4CCNCC4)cc23)c1.O=C(O)C(F)(F)F. The highest BCUT2D eigenvalue weighted by Gasteiger charge is 2.38. The molecule has 2 heterocycles. The number of rotatable bonds is 6. The third kappa shape index (κ3) is 6.95. The highest BCUT2D eigenvalue weighted by molar-refractivity contribution is 7.92. The number of nitrogens with one attached hydrogen (secondary N) is 2. The van der Waals surface area contributed by atoms with Crippen LogP contribution in [0.5, 0.6) is 5.75 Å². The molecule has 0 atom stereocenters. The summed E-state index contributed by atoms with van der Waals surface area (Å²) in [5.74, 6) is -2.78. The fourth-order valence-corrected chi connectivity index (χ4v) is 5.94. The highest BCUT2D eigenvalue weighted by Crippen LogP contribution is 2.35. The minimum Gasteiger partial charge on any atom is -0.497 e. The summed E-state index contributed by atoms with van der Waals surface area (Å²) in [6.45, 7) is 3.16. The summed E-state index contributed by atoms with van der Waals surface area (Å²) >= 11 is 0. The molecule has 39 heavy (non-hydrogen) atoms. The number of halogens is 3. The van der Waals surface area contributed by atoms with Gasteiger partial charge >= 0.3 is 12.1 Å². The van der Waals surface area contributed by atoms with Gasteiger partial charge in [0.15, 0.2) is 9.84 Å². The first kappa shape index (κ1) is 29.6. The minimum atomic E-state index is -5.08. The summed E-state index contributed by atoms with van der Waals surface area (Å²) in [6.07, 6.45) is -2.54. The third-order valence-corrected chi connectivity index (χ3v) is 8.28. The number of anilines is 2. The number of methoxy groups -OCH3 is 1. The number of hydrogen-bond donors (Lipinski definition) is 4. The van der Waals surface area contributed by atoms with Crippen LogP contribution >= 0.6 is 0 Å². The van der Waals surface area contributed by atoms with Gasteiger partial charge in [-0.3, -0.25) is 9.78 Å². The molecule has 1 aromatic heterocycles. The van der Waals surface area contributed by atoms with E-state index in [2.05, 4.69) is 15.6 Å². The first-order valence-electron chi connectivity index (χ1n) is 11.6. The van der Waals surface area contributed by atoms with E-state index in [0.29, 0.717) is 59.5 Å². The molecule has 1 aliphatic rings. The molecule has 5 N–H and O–H groups in total. The van der Waals surface area contributed by atoms with Crippen molar-refractivity contribution in [2.24, 2.45) is 5.73 Å². The number of carboxylic acids is 1. The van der Waals surface area contributed by atoms with Gasteiger partial charge in [-0.05, 0) is 62.7 Å². The van der Waals surface area contributed by atoms with E-state index < -0.39 is 33.1 Å². The monoisotopic (exact) mass is 568 g/mol. The van der Waals surface area contributed by atoms with E-state index in [1.165, 1.54) is 6.20 Å². The molecule has 0 spiro atoms. The van der Waals surface area contributed by atoms with Crippen molar-refractivity contribution < 1.29 is 41.0 Å². The Kier molecular flexibility index (Phi) is 9.02. The number of carbonyl (C=O) groups excluding carboxylic acids is 1. The zero-order valence-electron chi connectivity index (χ0n) is 21.0. The summed E-state index contributed by atoms with van der Waals surface area (Å²) in [5, 5.41) is 13.6. The van der Waals surface area contributed by atoms with Crippen LogP contribution in [0.1, 0.15) is 28.8 Å². The highest BCUT2D eigenvalue weighted by atomic mass is 32.2. The lowest BCUT2D eigenvalue weighted by atomic mass is 10.1. The summed E-state index contributed by atoms with van der Waals surface area (Å²) < 4.78 is 63.8. The van der Waals surface area contributed by atoms with E-state index in [1.54, 1.807) is 31.4 Å². The number of hydrogen-bond acceptors (Lipinski definition) is 8. The van der Waals surface area contributed by atoms with Crippen molar-refractivity contribution in [3.63, 3.8) is 0 Å². The Bertz CT molecular complexity index is 1490. The lowest BCUT2D eigenvalue weighted by Gasteiger charge is -2.23. The number of aliphatic carboxylic acids is 1. The van der Waals surface area contributed by atoms with E-state index >= 15 is 0 Å². The number of nitrogens with zero attached hydrogens (tertiary/aromatic N) is 1. The smallest absolute Gasteiger partial charge is 0.490 e. The molecular formula is C25H27F3N4O6S. The van der Waals surface area contributed by atoms with Crippen molar-refractivity contribution in [2.45, 2.75) is 36.1 Å². The van der Waals surface area contributed by atoms with Crippen LogP contribution in [-0.4, -0.2) is 62.0 Å². The fraction of sp³-hybridized carbons (Fsp3) is 0.320. The van der Waals surface area contributed by atoms with Gasteiger partial charge in [0.1, 0.15) is 5.75 Å². The van der Waals surface area contributed by atoms with Crippen molar-refractivity contribution in [1.29, 1.82) is 0 Å². The molecule has 3 aromatic rings. The first-order valence-corrected chi connectivity index (χ1v) is 13.2. The topological polar surface area (TPSA) is 161 Å². The number of aromatic nitrogens is 1. The molecular weight excluding hydrogens is 541 g/mol. The van der Waals surface area contributed by atoms with Gasteiger partial charge in [0.2, 0.25) is 0 Å². The maximum atomic E-state index is 13.4. The number of benzene rings is 2. The van der Waals surface area contributed by atoms with Gasteiger partial charge in [-0.25, -0.2) is 13.2 Å². The Balaban J connectivity index is 0.000000532. The van der Waals surface area contributed by atoms with Crippen LogP contribution in [0.3, 0.4) is 0 Å². The number of fused-ring (bicyclic) bond motifs is 1. The molecule has 0 saturated carbocycles. The van der Waals surface area contributed by atoms with Crippen LogP contribution in [0, 0.1) is 6.92 Å². The van der Waals surface area contributed by atoms with Crippen LogP contribution in [0.4, 0.5) is 24.5 Å². The Morgan fingerprint density at radius 3 is 2.38 bits per heavy atom. The summed E-state index contributed by atoms with van der Waals surface area (Å²) in [6, 6.07) is 10.5. The molecule has 4 rings (SSSR count). The standard InChI is InChI=1S/C23H26N4O4S.C2HF3O2/c1-14-10-18(32(29,30)17-6-8-25-9-7-17)12-19-21(14)26-13-20(23(24)28)22(19)27-15-4-3-5-16(11-15)31-2;3-2(4,5)1(6)7/h3-5,10-13,17,25H,6-9H2,1-2H3,(H2,24,28)(H,26,27);(H,6,7). The minimum absolute atomic E-state index is 0.177. The first-order chi connectivity index (χ1) is 18.3. The molecule has 10 nitrogen and oxygen atoms in total. The Morgan fingerprint density at radius 2 is 1.82 bits per heavy atom. The average molecular weight is 569 g/mol. The molecule has 1 amide bonds. The molecule has 0 radical (unpaired) electrons. The average Bonchev–Trinajstić information content (AvgIpc) is 2.89. The lowest BCUT2D eigenvalue weighted by molar-refractivity contribution is -0.192. The van der Waals surface area contributed by atoms with E-state index in [1.807, 2.05) is 19.1 Å². The number of carbonyl (C=O) groups is 2. The quantitative estimate of drug-likeness (QED) is 0.349. The largest absolute Gasteiger partial charge is 0.497 e. The molecule has 2 aromatic carbocycles. The second-order valence-electron chi connectivity index (χ2n) is 8.70. The number of amides is 1. The molecule has 0 unspecified atom stereocenters. The van der Waals surface area contributed by atoms with Crippen LogP contribution < -0.4 is 21.1 Å². The van der Waals surface area contributed by atoms with Gasteiger partial charge in [0, 0.05) is 23.3 Å². The second-order valence-corrected chi connectivity index (χ2v) is 10.9. The van der Waals surface area contributed by atoms with Crippen LogP contribution in [0.2, 0.25) is 0 Å². The van der Waals surface area contributed by atoms with Crippen molar-refractivity contribution in [1.82, 2.24) is 10.3 Å². The number of carboxylic acid groups (broad SMARTS) is 1. The number of primary amides is 1. The molecule has 1 aliphatic heterocycles. The molecule has 210 valence electrons. The van der Waals surface area contributed by atoms with E-state index in [9.17, 15) is 26.4 Å². The molecule has 0 aliphatic carbocycles. The predicted molar refractivity (Wildman–Crippen MR) is 138 cm³/mol. The zero-order chi connectivity index (χ0) is 29.0. The summed E-state index contributed by atoms with van der Waals surface area (Å²) in [7, 11) is -1.97. The van der Waals surface area contributed by atoms with Crippen molar-refractivity contribution in [3.8, 4) is 5.75 Å². The Labute approximate surface area is 222 Å². The number of piperidine rings is 1. The van der Waals surface area contributed by atoms with Crippen LogP contribution in [-0.2, 0) is 14.6 Å². The molecule has 1 fully saturated rings. The number of ether oxygens (including phenoxy) is 1. The van der Waals surface area contributed by atoms with E-state index in [0.717, 1.165) is 0 Å². The third-order valence-electron chi connectivity index (χ3n) is 6.04. The van der Waals surface area contributed by atoms with Gasteiger partial charge < -0.3 is 26.2 Å². The second kappa shape index (κ2) is 11.9. The number of nitrogens with two attached hydrogens (primary N) is 1. The number of sulfone groups is 1. The van der Waals surface area contributed by atoms with Crippen LogP contribution in [0.15, 0.2) is 47.5 Å². The zero-order valence-corrected chi connectivity index (χ0v) is 21.8. The number of alkyl halides is 3. The van der Waals surface area contributed by atoms with Crippen molar-refractivity contribution >= 4 is 44.0 Å². The normalized spacial score (nSPS) is 14.3. The van der Waals surface area contributed by atoms with Crippen LogP contribution in [0.25, 0.3) is 10.9 Å². The Hall–Kier alpha value is -3.91. The van der Waals surface area contributed by atoms with Gasteiger partial charge in [0.25, 0.3) is 5.91 Å². The maximum Gasteiger partial charge on any atom is 0.490 e. The fourth-order valence-electron chi connectivity index (χ4n) is 4.08. The summed E-state index contributed by atoms with van der Waals surface area (Å²) in [4.78, 5) is 25.7. The van der Waals surface area contributed by atoms with E-state index in [4.69, 9.17) is 20.4 Å². The van der Waals surface area contributed by atoms with Gasteiger partial charge in [-0.2, -0.15) is 13.2 Å². The van der Waals surface area contributed by atoms with Crippen molar-refractivity contribution in [2.75, 3.05) is 25.5 Å². The lowest BCUT2D eigenvalue weighted by Crippen LogP contribution is -2.35. The number of aryl methyl sites for hydroxylation is 1. The predicted octanol–water partition coefficient (Wildman–Crippen LogP) is 3.55. The molecule has 1 saturated heterocycles. The van der Waals surface area contributed by atoms with Gasteiger partial charge in [-0.15, -0.1) is 0 Å². The number of pyridine rings is 1. The molecule has 14 heteroatoms. The molecule has 0 bridgehead atoms. The summed E-state index contributed by atoms with van der Waals surface area (Å²) in [5.41, 5.74) is 8.20. The Morgan fingerprint density at radius 1 is 1.18 bits per heavy atom. The maximum absolute atomic E-state index is 13.4. The van der Waals surface area contributed by atoms with Gasteiger partial charge in [-0.1, -0.05) is 6.07 Å². The van der Waals surface area contributed by atoms with Gasteiger partial charge in [0.05, 0.1) is 34.0 Å². The van der Waals surface area contributed by atoms with Crippen molar-refractivity contribution in [3.05, 3.63) is 53.7 Å². The van der Waals surface area contributed by atoms with E-state index in [-0.39, 0.29) is 10.5 Å².